The third kappa shape index (κ3) is 3.20. The summed E-state index contributed by atoms with van der Waals surface area (Å²) < 4.78 is 5.94. The van der Waals surface area contributed by atoms with E-state index >= 15 is 0 Å². The Morgan fingerprint density at radius 2 is 2.09 bits per heavy atom. The molecule has 2 aromatic rings. The molecule has 0 saturated carbocycles. The third-order valence-electron chi connectivity index (χ3n) is 4.21. The van der Waals surface area contributed by atoms with Crippen molar-refractivity contribution in [2.75, 3.05) is 11.4 Å². The molecule has 23 heavy (non-hydrogen) atoms. The predicted molar refractivity (Wildman–Crippen MR) is 93.4 cm³/mol. The van der Waals surface area contributed by atoms with Crippen LogP contribution in [0.3, 0.4) is 0 Å². The summed E-state index contributed by atoms with van der Waals surface area (Å²) in [5.74, 6) is 0.699. The molecule has 1 heterocycles. The van der Waals surface area contributed by atoms with Crippen LogP contribution in [-0.2, 0) is 11.2 Å². The van der Waals surface area contributed by atoms with E-state index in [0.717, 1.165) is 24.2 Å². The highest BCUT2D eigenvalue weighted by atomic mass is 35.5. The lowest BCUT2D eigenvalue weighted by atomic mass is 10.1. The van der Waals surface area contributed by atoms with Gasteiger partial charge in [-0.15, -0.1) is 0 Å². The van der Waals surface area contributed by atoms with Crippen molar-refractivity contribution in [2.45, 2.75) is 32.8 Å². The Bertz CT molecular complexity index is 729. The van der Waals surface area contributed by atoms with E-state index in [0.29, 0.717) is 17.2 Å². The third-order valence-corrected chi connectivity index (χ3v) is 4.63. The van der Waals surface area contributed by atoms with Gasteiger partial charge in [0.1, 0.15) is 5.75 Å². The Balaban J connectivity index is 1.78. The largest absolute Gasteiger partial charge is 0.481 e. The average molecular weight is 330 g/mol. The number of hydrogen-bond acceptors (Lipinski definition) is 2. The van der Waals surface area contributed by atoms with Gasteiger partial charge in [-0.1, -0.05) is 36.7 Å². The summed E-state index contributed by atoms with van der Waals surface area (Å²) in [6, 6.07) is 13.5. The average Bonchev–Trinajstić information content (AvgIpc) is 2.99. The van der Waals surface area contributed by atoms with Gasteiger partial charge in [-0.05, 0) is 55.2 Å². The van der Waals surface area contributed by atoms with Crippen molar-refractivity contribution in [1.29, 1.82) is 0 Å². The smallest absolute Gasteiger partial charge is 0.268 e. The number of para-hydroxylation sites is 1. The molecule has 0 fully saturated rings. The maximum atomic E-state index is 12.9. The van der Waals surface area contributed by atoms with Crippen molar-refractivity contribution in [3.63, 3.8) is 0 Å². The van der Waals surface area contributed by atoms with Crippen molar-refractivity contribution in [3.05, 3.63) is 58.6 Å². The van der Waals surface area contributed by atoms with E-state index in [2.05, 4.69) is 6.07 Å². The topological polar surface area (TPSA) is 29.5 Å². The molecule has 0 aromatic heterocycles. The van der Waals surface area contributed by atoms with E-state index in [-0.39, 0.29) is 5.91 Å². The number of anilines is 1. The normalized spacial score (nSPS) is 14.5. The Hall–Kier alpha value is -2.00. The lowest BCUT2D eigenvalue weighted by Gasteiger charge is -2.24. The quantitative estimate of drug-likeness (QED) is 0.832. The van der Waals surface area contributed by atoms with Crippen LogP contribution < -0.4 is 9.64 Å². The minimum atomic E-state index is -0.485. The van der Waals surface area contributed by atoms with Gasteiger partial charge in [0.05, 0.1) is 0 Å². The summed E-state index contributed by atoms with van der Waals surface area (Å²) in [5, 5.41) is 0.699. The molecule has 0 bridgehead atoms. The van der Waals surface area contributed by atoms with Gasteiger partial charge < -0.3 is 9.64 Å². The number of ether oxygens (including phenoxy) is 1. The van der Waals surface area contributed by atoms with Crippen molar-refractivity contribution >= 4 is 23.2 Å². The Morgan fingerprint density at radius 1 is 1.30 bits per heavy atom. The van der Waals surface area contributed by atoms with Crippen molar-refractivity contribution in [1.82, 2.24) is 0 Å². The predicted octanol–water partition coefficient (Wildman–Crippen LogP) is 4.40. The van der Waals surface area contributed by atoms with Gasteiger partial charge >= 0.3 is 0 Å². The molecule has 0 aliphatic carbocycles. The van der Waals surface area contributed by atoms with Crippen LogP contribution in [0.4, 0.5) is 5.69 Å². The SMILES string of the molecule is CCC(Oc1ccc(Cl)c(C)c1)C(=O)N1CCc2ccccc21. The second kappa shape index (κ2) is 6.63. The number of fused-ring (bicyclic) bond motifs is 1. The van der Waals surface area contributed by atoms with Crippen LogP contribution in [0.5, 0.6) is 5.75 Å². The molecule has 1 aliphatic rings. The van der Waals surface area contributed by atoms with Gasteiger partial charge in [-0.3, -0.25) is 4.79 Å². The number of rotatable bonds is 4. The van der Waals surface area contributed by atoms with E-state index in [1.807, 2.05) is 49.1 Å². The Morgan fingerprint density at radius 3 is 2.83 bits per heavy atom. The summed E-state index contributed by atoms with van der Waals surface area (Å²) in [6.07, 6.45) is 1.04. The van der Waals surface area contributed by atoms with E-state index < -0.39 is 6.10 Å². The fourth-order valence-corrected chi connectivity index (χ4v) is 3.02. The zero-order valence-electron chi connectivity index (χ0n) is 13.4. The molecule has 4 heteroatoms. The Kier molecular flexibility index (Phi) is 4.58. The molecular weight excluding hydrogens is 310 g/mol. The summed E-state index contributed by atoms with van der Waals surface area (Å²) in [6.45, 7) is 4.61. The van der Waals surface area contributed by atoms with Gasteiger partial charge in [0, 0.05) is 17.3 Å². The highest BCUT2D eigenvalue weighted by Crippen LogP contribution is 2.29. The fourth-order valence-electron chi connectivity index (χ4n) is 2.90. The first kappa shape index (κ1) is 15.9. The minimum Gasteiger partial charge on any atom is -0.481 e. The zero-order valence-corrected chi connectivity index (χ0v) is 14.1. The first-order chi connectivity index (χ1) is 11.1. The fraction of sp³-hybridized carbons (Fsp3) is 0.316. The van der Waals surface area contributed by atoms with E-state index in [1.165, 1.54) is 5.56 Å². The van der Waals surface area contributed by atoms with E-state index in [1.54, 1.807) is 6.07 Å². The molecule has 3 rings (SSSR count). The lowest BCUT2D eigenvalue weighted by Crippen LogP contribution is -2.41. The monoisotopic (exact) mass is 329 g/mol. The molecule has 1 aliphatic heterocycles. The number of amides is 1. The molecule has 0 saturated heterocycles. The number of aryl methyl sites for hydroxylation is 1. The maximum Gasteiger partial charge on any atom is 0.268 e. The number of halogens is 1. The van der Waals surface area contributed by atoms with Gasteiger partial charge in [0.2, 0.25) is 0 Å². The number of nitrogens with zero attached hydrogens (tertiary/aromatic N) is 1. The van der Waals surface area contributed by atoms with Gasteiger partial charge in [0.15, 0.2) is 6.10 Å². The number of carbonyl (C=O) groups excluding carboxylic acids is 1. The molecule has 1 unspecified atom stereocenters. The number of hydrogen-bond donors (Lipinski definition) is 0. The maximum absolute atomic E-state index is 12.9. The summed E-state index contributed by atoms with van der Waals surface area (Å²) >= 11 is 6.04. The first-order valence-electron chi connectivity index (χ1n) is 7.92. The van der Waals surface area contributed by atoms with Crippen LogP contribution in [-0.4, -0.2) is 18.6 Å². The van der Waals surface area contributed by atoms with Gasteiger partial charge in [-0.2, -0.15) is 0 Å². The molecule has 1 amide bonds. The van der Waals surface area contributed by atoms with E-state index in [9.17, 15) is 4.79 Å². The lowest BCUT2D eigenvalue weighted by molar-refractivity contribution is -0.125. The Labute approximate surface area is 141 Å². The van der Waals surface area contributed by atoms with E-state index in [4.69, 9.17) is 16.3 Å². The summed E-state index contributed by atoms with van der Waals surface area (Å²) in [5.41, 5.74) is 3.17. The highest BCUT2D eigenvalue weighted by molar-refractivity contribution is 6.31. The summed E-state index contributed by atoms with van der Waals surface area (Å²) in [4.78, 5) is 14.7. The van der Waals surface area contributed by atoms with Gasteiger partial charge in [-0.25, -0.2) is 0 Å². The molecule has 120 valence electrons. The number of benzene rings is 2. The second-order valence-corrected chi connectivity index (χ2v) is 6.20. The molecule has 1 atom stereocenters. The van der Waals surface area contributed by atoms with Gasteiger partial charge in [0.25, 0.3) is 5.91 Å². The van der Waals surface area contributed by atoms with Crippen LogP contribution in [0.25, 0.3) is 0 Å². The summed E-state index contributed by atoms with van der Waals surface area (Å²) in [7, 11) is 0. The number of carbonyl (C=O) groups is 1. The van der Waals surface area contributed by atoms with Crippen molar-refractivity contribution in [2.24, 2.45) is 0 Å². The molecule has 0 N–H and O–H groups in total. The van der Waals surface area contributed by atoms with Crippen LogP contribution in [0.2, 0.25) is 5.02 Å². The van der Waals surface area contributed by atoms with Crippen molar-refractivity contribution in [3.8, 4) is 5.75 Å². The second-order valence-electron chi connectivity index (χ2n) is 5.79. The highest BCUT2D eigenvalue weighted by Gasteiger charge is 2.30. The first-order valence-corrected chi connectivity index (χ1v) is 8.30. The zero-order chi connectivity index (χ0) is 16.4. The van der Waals surface area contributed by atoms with Crippen LogP contribution in [0, 0.1) is 6.92 Å². The van der Waals surface area contributed by atoms with Crippen LogP contribution in [0.15, 0.2) is 42.5 Å². The minimum absolute atomic E-state index is 0.0186. The molecule has 3 nitrogen and oxygen atoms in total. The molecule has 0 spiro atoms. The van der Waals surface area contributed by atoms with Crippen molar-refractivity contribution < 1.29 is 9.53 Å². The molecule has 0 radical (unpaired) electrons. The molecular formula is C19H20ClNO2. The van der Waals surface area contributed by atoms with Crippen LogP contribution >= 0.6 is 11.6 Å². The molecule has 2 aromatic carbocycles. The standard InChI is InChI=1S/C19H20ClNO2/c1-3-18(23-15-8-9-16(20)13(2)12-15)19(22)21-11-10-14-6-4-5-7-17(14)21/h4-9,12,18H,3,10-11H2,1-2H3. The van der Waals surface area contributed by atoms with Crippen LogP contribution in [0.1, 0.15) is 24.5 Å².